The molecule has 1 aliphatic carbocycles. The molecule has 0 fully saturated rings. The fourth-order valence-electron chi connectivity index (χ4n) is 2.55. The molecule has 0 aromatic heterocycles. The summed E-state index contributed by atoms with van der Waals surface area (Å²) in [5.41, 5.74) is 2.83. The van der Waals surface area contributed by atoms with Gasteiger partial charge in [-0.15, -0.1) is 0 Å². The second-order valence-electron chi connectivity index (χ2n) is 5.07. The highest BCUT2D eigenvalue weighted by Crippen LogP contribution is 2.33. The molecule has 2 rings (SSSR count). The summed E-state index contributed by atoms with van der Waals surface area (Å²) in [6.45, 7) is 5.78. The van der Waals surface area contributed by atoms with Gasteiger partial charge in [-0.1, -0.05) is 31.2 Å². The number of benzene rings is 1. The summed E-state index contributed by atoms with van der Waals surface area (Å²) in [5.74, 6) is 0.660. The van der Waals surface area contributed by atoms with Gasteiger partial charge in [-0.2, -0.15) is 0 Å². The van der Waals surface area contributed by atoms with Gasteiger partial charge in [-0.3, -0.25) is 4.79 Å². The fraction of sp³-hybridized carbons (Fsp3) is 0.533. The molecule has 1 aromatic rings. The zero-order valence-electron chi connectivity index (χ0n) is 11.2. The van der Waals surface area contributed by atoms with Crippen LogP contribution in [0.4, 0.5) is 0 Å². The van der Waals surface area contributed by atoms with Crippen molar-refractivity contribution >= 4 is 5.91 Å². The van der Waals surface area contributed by atoms with Crippen LogP contribution in [0, 0.1) is 0 Å². The highest BCUT2D eigenvalue weighted by molar-refractivity contribution is 5.76. The Kier molecular flexibility index (Phi) is 4.37. The predicted octanol–water partition coefficient (Wildman–Crippen LogP) is 1.83. The Labute approximate surface area is 109 Å². The lowest BCUT2D eigenvalue weighted by molar-refractivity contribution is -0.121. The van der Waals surface area contributed by atoms with Crippen LogP contribution in [-0.2, 0) is 11.2 Å². The van der Waals surface area contributed by atoms with Gasteiger partial charge >= 0.3 is 0 Å². The molecule has 0 saturated heterocycles. The topological polar surface area (TPSA) is 41.1 Å². The minimum atomic E-state index is 0.146. The minimum Gasteiger partial charge on any atom is -0.355 e. The van der Waals surface area contributed by atoms with E-state index in [1.807, 2.05) is 6.92 Å². The maximum absolute atomic E-state index is 11.7. The van der Waals surface area contributed by atoms with Crippen LogP contribution < -0.4 is 10.6 Å². The Morgan fingerprint density at radius 3 is 2.94 bits per heavy atom. The summed E-state index contributed by atoms with van der Waals surface area (Å²) in [7, 11) is 0. The largest absolute Gasteiger partial charge is 0.355 e. The highest BCUT2D eigenvalue weighted by Gasteiger charge is 2.25. The van der Waals surface area contributed by atoms with Gasteiger partial charge in [0.2, 0.25) is 5.91 Å². The molecule has 1 aromatic carbocycles. The summed E-state index contributed by atoms with van der Waals surface area (Å²) in [6, 6.07) is 8.73. The van der Waals surface area contributed by atoms with E-state index in [0.29, 0.717) is 12.3 Å². The molecular formula is C15H22N2O. The molecule has 2 unspecified atom stereocenters. The Hall–Kier alpha value is -1.35. The van der Waals surface area contributed by atoms with Gasteiger partial charge in [0.05, 0.1) is 0 Å². The molecule has 0 heterocycles. The van der Waals surface area contributed by atoms with Crippen molar-refractivity contribution in [3.05, 3.63) is 35.4 Å². The number of rotatable bonds is 6. The lowest BCUT2D eigenvalue weighted by Gasteiger charge is -2.30. The number of carbonyl (C=O) groups is 1. The second-order valence-corrected chi connectivity index (χ2v) is 5.07. The van der Waals surface area contributed by atoms with E-state index in [9.17, 15) is 4.79 Å². The lowest BCUT2D eigenvalue weighted by atomic mass is 9.77. The lowest BCUT2D eigenvalue weighted by Crippen LogP contribution is -2.37. The van der Waals surface area contributed by atoms with E-state index in [1.54, 1.807) is 0 Å². The van der Waals surface area contributed by atoms with Gasteiger partial charge in [0.15, 0.2) is 0 Å². The van der Waals surface area contributed by atoms with Crippen LogP contribution in [0.5, 0.6) is 0 Å². The van der Waals surface area contributed by atoms with Crippen molar-refractivity contribution in [2.75, 3.05) is 13.1 Å². The van der Waals surface area contributed by atoms with E-state index in [2.05, 4.69) is 41.8 Å². The van der Waals surface area contributed by atoms with Crippen molar-refractivity contribution in [3.8, 4) is 0 Å². The van der Waals surface area contributed by atoms with Crippen LogP contribution in [0.25, 0.3) is 0 Å². The fourth-order valence-corrected chi connectivity index (χ4v) is 2.55. The molecule has 0 aliphatic heterocycles. The monoisotopic (exact) mass is 246 g/mol. The van der Waals surface area contributed by atoms with Crippen molar-refractivity contribution in [2.24, 2.45) is 0 Å². The first kappa shape index (κ1) is 13.1. The minimum absolute atomic E-state index is 0.146. The molecule has 2 N–H and O–H groups in total. The normalized spacial score (nSPS) is 18.7. The van der Waals surface area contributed by atoms with Gasteiger partial charge < -0.3 is 10.6 Å². The Bertz CT molecular complexity index is 417. The molecule has 1 amide bonds. The molecule has 0 saturated carbocycles. The third-order valence-corrected chi connectivity index (χ3v) is 3.55. The maximum Gasteiger partial charge on any atom is 0.221 e. The Balaban J connectivity index is 1.72. The molecule has 1 aliphatic rings. The van der Waals surface area contributed by atoms with Crippen molar-refractivity contribution in [2.45, 2.75) is 38.6 Å². The number of fused-ring (bicyclic) bond motifs is 1. The summed E-state index contributed by atoms with van der Waals surface area (Å²) in [6.07, 6.45) is 1.65. The molecule has 98 valence electrons. The third kappa shape index (κ3) is 3.10. The maximum atomic E-state index is 11.7. The van der Waals surface area contributed by atoms with Gasteiger partial charge in [0.25, 0.3) is 0 Å². The van der Waals surface area contributed by atoms with Crippen LogP contribution in [0.1, 0.15) is 37.3 Å². The quantitative estimate of drug-likeness (QED) is 0.804. The highest BCUT2D eigenvalue weighted by atomic mass is 16.1. The Morgan fingerprint density at radius 2 is 2.22 bits per heavy atom. The summed E-state index contributed by atoms with van der Waals surface area (Å²) in [5, 5.41) is 6.28. The van der Waals surface area contributed by atoms with Crippen LogP contribution >= 0.6 is 0 Å². The molecule has 0 bridgehead atoms. The number of amides is 1. The van der Waals surface area contributed by atoms with E-state index < -0.39 is 0 Å². The van der Waals surface area contributed by atoms with Gasteiger partial charge in [-0.25, -0.2) is 0 Å². The molecule has 3 heteroatoms. The van der Waals surface area contributed by atoms with Gasteiger partial charge in [0.1, 0.15) is 0 Å². The van der Waals surface area contributed by atoms with E-state index in [-0.39, 0.29) is 11.9 Å². The zero-order valence-corrected chi connectivity index (χ0v) is 11.2. The van der Waals surface area contributed by atoms with Crippen LogP contribution in [0.2, 0.25) is 0 Å². The van der Waals surface area contributed by atoms with Crippen molar-refractivity contribution in [1.82, 2.24) is 10.6 Å². The molecule has 18 heavy (non-hydrogen) atoms. The number of hydrogen-bond donors (Lipinski definition) is 2. The average molecular weight is 246 g/mol. The van der Waals surface area contributed by atoms with Crippen molar-refractivity contribution < 1.29 is 4.79 Å². The van der Waals surface area contributed by atoms with Crippen LogP contribution in [0.3, 0.4) is 0 Å². The summed E-state index contributed by atoms with van der Waals surface area (Å²) in [4.78, 5) is 11.7. The first-order valence-electron chi connectivity index (χ1n) is 6.78. The molecule has 0 radical (unpaired) electrons. The van der Waals surface area contributed by atoms with Gasteiger partial charge in [0, 0.05) is 24.9 Å². The first-order valence-corrected chi connectivity index (χ1v) is 6.78. The Morgan fingerprint density at radius 1 is 1.44 bits per heavy atom. The molecular weight excluding hydrogens is 224 g/mol. The van der Waals surface area contributed by atoms with Gasteiger partial charge in [-0.05, 0) is 31.0 Å². The summed E-state index contributed by atoms with van der Waals surface area (Å²) < 4.78 is 0. The van der Waals surface area contributed by atoms with E-state index in [1.165, 1.54) is 11.1 Å². The van der Waals surface area contributed by atoms with Crippen molar-refractivity contribution in [3.63, 3.8) is 0 Å². The number of hydrogen-bond acceptors (Lipinski definition) is 2. The van der Waals surface area contributed by atoms with E-state index in [0.717, 1.165) is 19.5 Å². The third-order valence-electron chi connectivity index (χ3n) is 3.55. The number of nitrogens with one attached hydrogen (secondary N) is 2. The predicted molar refractivity (Wildman–Crippen MR) is 73.7 cm³/mol. The van der Waals surface area contributed by atoms with Crippen LogP contribution in [-0.4, -0.2) is 25.0 Å². The SMILES string of the molecule is CCNC(C)CC(=O)NCC1Cc2ccccc21. The van der Waals surface area contributed by atoms with E-state index in [4.69, 9.17) is 0 Å². The van der Waals surface area contributed by atoms with Crippen molar-refractivity contribution in [1.29, 1.82) is 0 Å². The smallest absolute Gasteiger partial charge is 0.221 e. The molecule has 3 nitrogen and oxygen atoms in total. The molecule has 0 spiro atoms. The average Bonchev–Trinajstić information content (AvgIpc) is 2.30. The van der Waals surface area contributed by atoms with E-state index >= 15 is 0 Å². The zero-order chi connectivity index (χ0) is 13.0. The van der Waals surface area contributed by atoms with Crippen LogP contribution in [0.15, 0.2) is 24.3 Å². The standard InChI is InChI=1S/C15H22N2O/c1-3-16-11(2)8-15(18)17-10-13-9-12-6-4-5-7-14(12)13/h4-7,11,13,16H,3,8-10H2,1-2H3,(H,17,18). The summed E-state index contributed by atoms with van der Waals surface area (Å²) >= 11 is 0. The second kappa shape index (κ2) is 6.01. The number of carbonyl (C=O) groups excluding carboxylic acids is 1. The first-order chi connectivity index (χ1) is 8.70. The molecule has 2 atom stereocenters.